The van der Waals surface area contributed by atoms with Crippen molar-refractivity contribution in [1.82, 2.24) is 15.2 Å². The van der Waals surface area contributed by atoms with Gasteiger partial charge in [-0.25, -0.2) is 4.98 Å². The second-order valence-corrected chi connectivity index (χ2v) is 6.80. The molecule has 1 aromatic carbocycles. The van der Waals surface area contributed by atoms with Gasteiger partial charge in [0.15, 0.2) is 5.76 Å². The second-order valence-electron chi connectivity index (χ2n) is 6.80. The molecule has 5 rings (SSSR count). The Kier molecular flexibility index (Phi) is 4.02. The number of amides is 1. The van der Waals surface area contributed by atoms with Gasteiger partial charge in [0.2, 0.25) is 0 Å². The van der Waals surface area contributed by atoms with Crippen molar-refractivity contribution in [2.45, 2.75) is 31.8 Å². The van der Waals surface area contributed by atoms with Crippen LogP contribution >= 0.6 is 0 Å². The van der Waals surface area contributed by atoms with Crippen LogP contribution in [0.3, 0.4) is 0 Å². The smallest absolute Gasteiger partial charge is 0.307 e. The van der Waals surface area contributed by atoms with Crippen molar-refractivity contribution in [2.24, 2.45) is 5.92 Å². The Hall–Kier alpha value is -2.65. The number of carbonyl (C=O) groups is 1. The Labute approximate surface area is 146 Å². The van der Waals surface area contributed by atoms with E-state index in [2.05, 4.69) is 28.2 Å². The molecule has 3 aliphatic heterocycles. The van der Waals surface area contributed by atoms with Crippen LogP contribution in [0, 0.1) is 17.2 Å². The number of fused-ring (bicyclic) bond motifs is 3. The molecule has 0 radical (unpaired) electrons. The lowest BCUT2D eigenvalue weighted by Crippen LogP contribution is -2.62. The third-order valence-electron chi connectivity index (χ3n) is 5.49. The van der Waals surface area contributed by atoms with E-state index < -0.39 is 0 Å². The molecule has 128 valence electrons. The Morgan fingerprint density at radius 1 is 1.36 bits per heavy atom. The number of hydrogen-bond donors (Lipinski definition) is 1. The van der Waals surface area contributed by atoms with Gasteiger partial charge in [0.1, 0.15) is 0 Å². The predicted octanol–water partition coefficient (Wildman–Crippen LogP) is 2.43. The third kappa shape index (κ3) is 2.81. The first-order chi connectivity index (χ1) is 12.2. The topological polar surface area (TPSA) is 82.2 Å². The SMILES string of the molecule is CC1C(NC(=O)c2ncc(-c3ccccc3C#N)o2)C2CCN1CC2. The Morgan fingerprint density at radius 2 is 2.12 bits per heavy atom. The first kappa shape index (κ1) is 15.9. The molecule has 2 unspecified atom stereocenters. The highest BCUT2D eigenvalue weighted by Gasteiger charge is 2.40. The Morgan fingerprint density at radius 3 is 2.84 bits per heavy atom. The molecule has 1 amide bonds. The maximum atomic E-state index is 12.6. The van der Waals surface area contributed by atoms with Crippen LogP contribution in [0.15, 0.2) is 34.9 Å². The number of benzene rings is 1. The molecule has 2 aromatic rings. The fourth-order valence-electron chi connectivity index (χ4n) is 4.06. The van der Waals surface area contributed by atoms with E-state index in [1.54, 1.807) is 18.2 Å². The summed E-state index contributed by atoms with van der Waals surface area (Å²) in [6, 6.07) is 9.72. The number of piperidine rings is 3. The summed E-state index contributed by atoms with van der Waals surface area (Å²) in [5.74, 6) is 0.722. The second kappa shape index (κ2) is 6.34. The van der Waals surface area contributed by atoms with Gasteiger partial charge in [-0.05, 0) is 50.9 Å². The standard InChI is InChI=1S/C19H20N4O2/c1-12-17(13-6-8-23(12)9-7-13)22-18(24)19-21-11-16(25-19)15-5-3-2-4-14(15)10-20/h2-5,11-13,17H,6-9H2,1H3,(H,22,24). The summed E-state index contributed by atoms with van der Waals surface area (Å²) in [7, 11) is 0. The zero-order valence-electron chi connectivity index (χ0n) is 14.1. The molecule has 6 nitrogen and oxygen atoms in total. The largest absolute Gasteiger partial charge is 0.432 e. The summed E-state index contributed by atoms with van der Waals surface area (Å²) in [5, 5.41) is 12.3. The maximum Gasteiger partial charge on any atom is 0.307 e. The fraction of sp³-hybridized carbons (Fsp3) is 0.421. The number of rotatable bonds is 3. The number of aromatic nitrogens is 1. The average molecular weight is 336 g/mol. The molecule has 3 fully saturated rings. The van der Waals surface area contributed by atoms with Crippen molar-refractivity contribution < 1.29 is 9.21 Å². The summed E-state index contributed by atoms with van der Waals surface area (Å²) in [6.45, 7) is 4.40. The molecule has 25 heavy (non-hydrogen) atoms. The van der Waals surface area contributed by atoms with Crippen LogP contribution in [-0.2, 0) is 0 Å². The molecule has 1 aromatic heterocycles. The van der Waals surface area contributed by atoms with Crippen LogP contribution in [-0.4, -0.2) is 41.0 Å². The van der Waals surface area contributed by atoms with Gasteiger partial charge in [-0.2, -0.15) is 5.26 Å². The highest BCUT2D eigenvalue weighted by molar-refractivity contribution is 5.90. The molecule has 0 spiro atoms. The molecule has 4 heterocycles. The van der Waals surface area contributed by atoms with Gasteiger partial charge in [0, 0.05) is 17.6 Å². The molecule has 2 bridgehead atoms. The summed E-state index contributed by atoms with van der Waals surface area (Å²) in [5.41, 5.74) is 1.14. The zero-order chi connectivity index (χ0) is 17.4. The average Bonchev–Trinajstić information content (AvgIpc) is 3.15. The van der Waals surface area contributed by atoms with Crippen molar-refractivity contribution in [3.63, 3.8) is 0 Å². The summed E-state index contributed by atoms with van der Waals surface area (Å²) < 4.78 is 5.64. The van der Waals surface area contributed by atoms with Gasteiger partial charge < -0.3 is 9.73 Å². The number of hydrogen-bond acceptors (Lipinski definition) is 5. The van der Waals surface area contributed by atoms with Crippen LogP contribution in [0.4, 0.5) is 0 Å². The van der Waals surface area contributed by atoms with Crippen molar-refractivity contribution >= 4 is 5.91 Å². The van der Waals surface area contributed by atoms with E-state index in [1.165, 1.54) is 6.20 Å². The van der Waals surface area contributed by atoms with Gasteiger partial charge in [-0.1, -0.05) is 12.1 Å². The minimum atomic E-state index is -0.286. The molecule has 1 N–H and O–H groups in total. The Balaban J connectivity index is 1.52. The minimum Gasteiger partial charge on any atom is -0.432 e. The Bertz CT molecular complexity index is 828. The zero-order valence-corrected chi connectivity index (χ0v) is 14.1. The predicted molar refractivity (Wildman–Crippen MR) is 91.7 cm³/mol. The van der Waals surface area contributed by atoms with E-state index >= 15 is 0 Å². The van der Waals surface area contributed by atoms with Crippen LogP contribution in [0.5, 0.6) is 0 Å². The van der Waals surface area contributed by atoms with Crippen molar-refractivity contribution in [1.29, 1.82) is 5.26 Å². The molecule has 6 heteroatoms. The summed E-state index contributed by atoms with van der Waals surface area (Å²) >= 11 is 0. The van der Waals surface area contributed by atoms with Gasteiger partial charge in [-0.15, -0.1) is 0 Å². The molecule has 0 aliphatic carbocycles. The summed E-state index contributed by atoms with van der Waals surface area (Å²) in [4.78, 5) is 19.1. The number of nitrogens with one attached hydrogen (secondary N) is 1. The fourth-order valence-corrected chi connectivity index (χ4v) is 4.06. The maximum absolute atomic E-state index is 12.6. The number of nitriles is 1. The lowest BCUT2D eigenvalue weighted by molar-refractivity contribution is 0.0210. The highest BCUT2D eigenvalue weighted by Crippen LogP contribution is 2.32. The normalized spacial score (nSPS) is 27.7. The summed E-state index contributed by atoms with van der Waals surface area (Å²) in [6.07, 6.45) is 3.76. The lowest BCUT2D eigenvalue weighted by Gasteiger charge is -2.49. The molecule has 2 atom stereocenters. The van der Waals surface area contributed by atoms with Crippen LogP contribution in [0.25, 0.3) is 11.3 Å². The first-order valence-electron chi connectivity index (χ1n) is 8.67. The van der Waals surface area contributed by atoms with Crippen LogP contribution in [0.1, 0.15) is 36.0 Å². The van der Waals surface area contributed by atoms with Gasteiger partial charge in [-0.3, -0.25) is 9.69 Å². The van der Waals surface area contributed by atoms with Crippen molar-refractivity contribution in [3.8, 4) is 17.4 Å². The third-order valence-corrected chi connectivity index (χ3v) is 5.49. The van der Waals surface area contributed by atoms with Crippen LogP contribution < -0.4 is 5.32 Å². The monoisotopic (exact) mass is 336 g/mol. The highest BCUT2D eigenvalue weighted by atomic mass is 16.4. The number of carbonyl (C=O) groups excluding carboxylic acids is 1. The molecule has 0 saturated carbocycles. The van der Waals surface area contributed by atoms with Gasteiger partial charge in [0.05, 0.1) is 17.8 Å². The van der Waals surface area contributed by atoms with Crippen LogP contribution in [0.2, 0.25) is 0 Å². The molecule has 3 saturated heterocycles. The number of oxazole rings is 1. The molecular formula is C19H20N4O2. The van der Waals surface area contributed by atoms with E-state index in [1.807, 2.05) is 6.07 Å². The van der Waals surface area contributed by atoms with E-state index in [4.69, 9.17) is 4.42 Å². The van der Waals surface area contributed by atoms with E-state index in [0.29, 0.717) is 28.8 Å². The minimum absolute atomic E-state index is 0.0476. The first-order valence-corrected chi connectivity index (χ1v) is 8.67. The van der Waals surface area contributed by atoms with Crippen molar-refractivity contribution in [2.75, 3.05) is 13.1 Å². The lowest BCUT2D eigenvalue weighted by atomic mass is 9.79. The quantitative estimate of drug-likeness (QED) is 0.931. The number of nitrogens with zero attached hydrogens (tertiary/aromatic N) is 3. The van der Waals surface area contributed by atoms with Crippen molar-refractivity contribution in [3.05, 3.63) is 41.9 Å². The van der Waals surface area contributed by atoms with Gasteiger partial charge >= 0.3 is 5.91 Å². The van der Waals surface area contributed by atoms with E-state index in [9.17, 15) is 10.1 Å². The van der Waals surface area contributed by atoms with E-state index in [-0.39, 0.29) is 17.8 Å². The van der Waals surface area contributed by atoms with E-state index in [0.717, 1.165) is 25.9 Å². The molecular weight excluding hydrogens is 316 g/mol. The molecule has 3 aliphatic rings. The van der Waals surface area contributed by atoms with Gasteiger partial charge in [0.25, 0.3) is 5.89 Å².